The fraction of sp³-hybridized carbons (Fsp3) is 0.382. The van der Waals surface area contributed by atoms with Crippen molar-refractivity contribution in [3.63, 3.8) is 0 Å². The molecule has 2 fully saturated rings. The molecule has 2 aliphatic rings. The predicted molar refractivity (Wildman–Crippen MR) is 162 cm³/mol. The molecule has 2 aromatic carbocycles. The van der Waals surface area contributed by atoms with Crippen LogP contribution in [-0.4, -0.2) is 76.6 Å². The zero-order valence-corrected chi connectivity index (χ0v) is 24.4. The van der Waals surface area contributed by atoms with E-state index >= 15 is 0 Å². The number of H-pyrrole nitrogens is 1. The summed E-state index contributed by atoms with van der Waals surface area (Å²) in [7, 11) is 1.39. The molecule has 0 unspecified atom stereocenters. The van der Waals surface area contributed by atoms with Gasteiger partial charge >= 0.3 is 5.97 Å². The Bertz CT molecular complexity index is 1570. The minimum atomic E-state index is -0.720. The fourth-order valence-electron chi connectivity index (χ4n) is 6.77. The van der Waals surface area contributed by atoms with Gasteiger partial charge in [0.05, 0.1) is 36.5 Å². The summed E-state index contributed by atoms with van der Waals surface area (Å²) in [6.45, 7) is 2.84. The van der Waals surface area contributed by atoms with Gasteiger partial charge in [-0.2, -0.15) is 0 Å². The Morgan fingerprint density at radius 1 is 1.07 bits per heavy atom. The number of aromatic amines is 1. The van der Waals surface area contributed by atoms with Gasteiger partial charge in [-0.25, -0.2) is 4.39 Å². The highest BCUT2D eigenvalue weighted by molar-refractivity contribution is 5.86. The van der Waals surface area contributed by atoms with E-state index in [2.05, 4.69) is 14.9 Å². The van der Waals surface area contributed by atoms with Crippen LogP contribution in [0.5, 0.6) is 5.75 Å². The van der Waals surface area contributed by atoms with Crippen LogP contribution in [0.1, 0.15) is 42.7 Å². The molecular formula is C34H37FN4O4. The molecule has 2 N–H and O–H groups in total. The van der Waals surface area contributed by atoms with Gasteiger partial charge in [-0.3, -0.25) is 19.5 Å². The number of para-hydroxylation sites is 1. The number of aromatic nitrogens is 2. The third-order valence-electron chi connectivity index (χ3n) is 9.32. The first-order valence-corrected chi connectivity index (χ1v) is 14.9. The summed E-state index contributed by atoms with van der Waals surface area (Å²) < 4.78 is 18.6. The van der Waals surface area contributed by atoms with Crippen molar-refractivity contribution >= 4 is 22.8 Å². The SMILES string of the molecule is COC(=O)C1(Cc2ccc(F)cc2)CCN(C(=O)CN2CCC(c3cccc(-c4cc5ccncc5[nH]4)c3O)CC2)CC1. The van der Waals surface area contributed by atoms with Crippen molar-refractivity contribution in [1.29, 1.82) is 0 Å². The number of rotatable bonds is 7. The van der Waals surface area contributed by atoms with Crippen molar-refractivity contribution in [1.82, 2.24) is 19.8 Å². The molecule has 4 heterocycles. The Kier molecular flexibility index (Phi) is 8.17. The van der Waals surface area contributed by atoms with E-state index in [4.69, 9.17) is 4.74 Å². The average Bonchev–Trinajstić information content (AvgIpc) is 3.47. The molecule has 0 radical (unpaired) electrons. The van der Waals surface area contributed by atoms with Crippen molar-refractivity contribution in [2.75, 3.05) is 39.8 Å². The Morgan fingerprint density at radius 3 is 2.51 bits per heavy atom. The van der Waals surface area contributed by atoms with Gasteiger partial charge in [-0.05, 0) is 92.6 Å². The number of phenols is 1. The topological polar surface area (TPSA) is 98.8 Å². The number of piperidine rings is 2. The summed E-state index contributed by atoms with van der Waals surface area (Å²) in [6, 6.07) is 16.1. The smallest absolute Gasteiger partial charge is 0.312 e. The third-order valence-corrected chi connectivity index (χ3v) is 9.32. The number of nitrogens with one attached hydrogen (secondary N) is 1. The normalized spacial score (nSPS) is 17.7. The van der Waals surface area contributed by atoms with E-state index in [1.807, 2.05) is 35.2 Å². The molecule has 8 nitrogen and oxygen atoms in total. The molecule has 9 heteroatoms. The van der Waals surface area contributed by atoms with Crippen LogP contribution in [0, 0.1) is 11.2 Å². The highest BCUT2D eigenvalue weighted by atomic mass is 19.1. The number of carbonyl (C=O) groups excluding carboxylic acids is 2. The summed E-state index contributed by atoms with van der Waals surface area (Å²) in [5.74, 6) is -0.00952. The van der Waals surface area contributed by atoms with Crippen LogP contribution in [0.2, 0.25) is 0 Å². The zero-order valence-electron chi connectivity index (χ0n) is 24.4. The summed E-state index contributed by atoms with van der Waals surface area (Å²) >= 11 is 0. The van der Waals surface area contributed by atoms with Crippen molar-refractivity contribution < 1.29 is 23.8 Å². The van der Waals surface area contributed by atoms with Crippen LogP contribution in [0.25, 0.3) is 22.2 Å². The van der Waals surface area contributed by atoms with Crippen molar-refractivity contribution in [3.05, 3.63) is 83.9 Å². The average molecular weight is 585 g/mol. The molecule has 6 rings (SSSR count). The third kappa shape index (κ3) is 5.99. The highest BCUT2D eigenvalue weighted by Gasteiger charge is 2.43. The lowest BCUT2D eigenvalue weighted by molar-refractivity contribution is -0.158. The molecule has 0 atom stereocenters. The molecule has 2 aliphatic heterocycles. The Balaban J connectivity index is 1.04. The minimum Gasteiger partial charge on any atom is -0.507 e. The first-order valence-electron chi connectivity index (χ1n) is 14.9. The summed E-state index contributed by atoms with van der Waals surface area (Å²) in [5, 5.41) is 12.3. The van der Waals surface area contributed by atoms with Crippen LogP contribution in [0.15, 0.2) is 67.0 Å². The maximum absolute atomic E-state index is 13.4. The van der Waals surface area contributed by atoms with E-state index in [0.29, 0.717) is 44.6 Å². The number of phenolic OH excluding ortho intramolecular Hbond substituents is 1. The van der Waals surface area contributed by atoms with Crippen LogP contribution in [-0.2, 0) is 20.7 Å². The Hall–Kier alpha value is -4.24. The van der Waals surface area contributed by atoms with E-state index in [1.165, 1.54) is 19.2 Å². The van der Waals surface area contributed by atoms with E-state index < -0.39 is 5.41 Å². The van der Waals surface area contributed by atoms with Gasteiger partial charge in [0.25, 0.3) is 0 Å². The quantitative estimate of drug-likeness (QED) is 0.287. The van der Waals surface area contributed by atoms with Crippen LogP contribution >= 0.6 is 0 Å². The number of amides is 1. The van der Waals surface area contributed by atoms with E-state index in [1.54, 1.807) is 24.5 Å². The molecule has 2 aromatic heterocycles. The molecule has 0 bridgehead atoms. The second-order valence-electron chi connectivity index (χ2n) is 11.9. The number of aromatic hydroxyl groups is 1. The van der Waals surface area contributed by atoms with Crippen LogP contribution < -0.4 is 0 Å². The fourth-order valence-corrected chi connectivity index (χ4v) is 6.77. The number of hydrogen-bond acceptors (Lipinski definition) is 6. The molecular weight excluding hydrogens is 547 g/mol. The van der Waals surface area contributed by atoms with E-state index in [9.17, 15) is 19.1 Å². The van der Waals surface area contributed by atoms with Gasteiger partial charge in [0, 0.05) is 30.2 Å². The number of carbonyl (C=O) groups is 2. The number of ether oxygens (including phenoxy) is 1. The summed E-state index contributed by atoms with van der Waals surface area (Å²) in [6.07, 6.45) is 6.71. The Morgan fingerprint density at radius 2 is 1.81 bits per heavy atom. The van der Waals surface area contributed by atoms with Gasteiger partial charge in [0.15, 0.2) is 0 Å². The standard InChI is InChI=1S/C34H37FN4O4/c1-43-33(42)34(20-23-5-7-26(35)8-6-23)12-17-39(18-13-34)31(40)22-38-15-10-24(11-16-38)27-3-2-4-28(32(27)41)29-19-25-9-14-36-21-30(25)37-29/h2-9,14,19,21,24,37,41H,10-13,15-18,20,22H2,1H3. The second kappa shape index (κ2) is 12.2. The van der Waals surface area contributed by atoms with Crippen molar-refractivity contribution in [2.45, 2.75) is 38.0 Å². The molecule has 1 amide bonds. The molecule has 4 aromatic rings. The predicted octanol–water partition coefficient (Wildman–Crippen LogP) is 5.28. The highest BCUT2D eigenvalue weighted by Crippen LogP contribution is 2.40. The first kappa shape index (κ1) is 28.9. The molecule has 2 saturated heterocycles. The molecule has 0 aliphatic carbocycles. The number of fused-ring (bicyclic) bond motifs is 1. The molecule has 43 heavy (non-hydrogen) atoms. The number of likely N-dealkylation sites (tertiary alicyclic amines) is 2. The molecule has 0 spiro atoms. The van der Waals surface area contributed by atoms with E-state index in [0.717, 1.165) is 59.2 Å². The number of hydrogen-bond donors (Lipinski definition) is 2. The molecule has 0 saturated carbocycles. The lowest BCUT2D eigenvalue weighted by Gasteiger charge is -2.41. The number of nitrogens with zero attached hydrogens (tertiary/aromatic N) is 3. The number of methoxy groups -OCH3 is 1. The number of esters is 1. The summed E-state index contributed by atoms with van der Waals surface area (Å²) in [5.41, 5.74) is 3.67. The van der Waals surface area contributed by atoms with Crippen LogP contribution in [0.3, 0.4) is 0 Å². The lowest BCUT2D eigenvalue weighted by atomic mass is 9.73. The zero-order chi connectivity index (χ0) is 30.0. The van der Waals surface area contributed by atoms with Crippen molar-refractivity contribution in [2.24, 2.45) is 5.41 Å². The Labute approximate surface area is 250 Å². The van der Waals surface area contributed by atoms with Gasteiger partial charge in [-0.15, -0.1) is 0 Å². The number of pyridine rings is 1. The van der Waals surface area contributed by atoms with E-state index in [-0.39, 0.29) is 23.6 Å². The monoisotopic (exact) mass is 584 g/mol. The minimum absolute atomic E-state index is 0.0665. The van der Waals surface area contributed by atoms with Gasteiger partial charge in [0.1, 0.15) is 11.6 Å². The molecule has 224 valence electrons. The lowest BCUT2D eigenvalue weighted by Crippen LogP contribution is -2.50. The van der Waals surface area contributed by atoms with Gasteiger partial charge < -0.3 is 19.7 Å². The van der Waals surface area contributed by atoms with Gasteiger partial charge in [0.2, 0.25) is 5.91 Å². The summed E-state index contributed by atoms with van der Waals surface area (Å²) in [4.78, 5) is 37.7. The second-order valence-corrected chi connectivity index (χ2v) is 11.9. The maximum atomic E-state index is 13.4. The largest absolute Gasteiger partial charge is 0.507 e. The van der Waals surface area contributed by atoms with Crippen molar-refractivity contribution in [3.8, 4) is 17.0 Å². The maximum Gasteiger partial charge on any atom is 0.312 e. The first-order chi connectivity index (χ1) is 20.8. The number of benzene rings is 2. The van der Waals surface area contributed by atoms with Crippen LogP contribution in [0.4, 0.5) is 4.39 Å². The van der Waals surface area contributed by atoms with Gasteiger partial charge in [-0.1, -0.05) is 24.3 Å². The number of halogens is 1.